The lowest BCUT2D eigenvalue weighted by Crippen LogP contribution is -2.18. The van der Waals surface area contributed by atoms with E-state index in [0.29, 0.717) is 34.8 Å². The predicted molar refractivity (Wildman–Crippen MR) is 147 cm³/mol. The van der Waals surface area contributed by atoms with Crippen molar-refractivity contribution in [2.75, 3.05) is 24.9 Å². The summed E-state index contributed by atoms with van der Waals surface area (Å²) in [6.45, 7) is 0. The summed E-state index contributed by atoms with van der Waals surface area (Å²) in [6.07, 6.45) is -2.44. The molecule has 41 heavy (non-hydrogen) atoms. The van der Waals surface area contributed by atoms with E-state index < -0.39 is 51.1 Å². The molecule has 0 bridgehead atoms. The molecule has 0 aliphatic carbocycles. The van der Waals surface area contributed by atoms with Gasteiger partial charge in [-0.1, -0.05) is 35.9 Å². The van der Waals surface area contributed by atoms with Gasteiger partial charge in [-0.2, -0.15) is 23.7 Å². The normalized spacial score (nSPS) is 11.6. The Morgan fingerprint density at radius 1 is 0.780 bits per heavy atom. The molecule has 0 aliphatic rings. The molecule has 0 heterocycles. The molecule has 0 saturated carbocycles. The average Bonchev–Trinajstić information content (AvgIpc) is 2.96. The van der Waals surface area contributed by atoms with Crippen LogP contribution in [0.2, 0.25) is 5.02 Å². The van der Waals surface area contributed by atoms with Gasteiger partial charge >= 0.3 is 6.18 Å². The highest BCUT2D eigenvalue weighted by Crippen LogP contribution is 2.39. The van der Waals surface area contributed by atoms with Crippen molar-refractivity contribution in [2.24, 2.45) is 0 Å². The summed E-state index contributed by atoms with van der Waals surface area (Å²) in [5.41, 5.74) is -2.23. The van der Waals surface area contributed by atoms with Crippen LogP contribution in [0, 0.1) is 22.7 Å². The fourth-order valence-electron chi connectivity index (χ4n) is 3.38. The zero-order valence-electron chi connectivity index (χ0n) is 21.5. The maximum atomic E-state index is 13.7. The number of benzene rings is 3. The highest BCUT2D eigenvalue weighted by molar-refractivity contribution is 6.37. The molecule has 0 spiro atoms. The lowest BCUT2D eigenvalue weighted by Gasteiger charge is -2.16. The lowest BCUT2D eigenvalue weighted by molar-refractivity contribution is -0.137. The molecule has 2 N–H and O–H groups in total. The number of nitrogens with zero attached hydrogens (tertiary/aromatic N) is 2. The van der Waals surface area contributed by atoms with Crippen molar-refractivity contribution in [3.8, 4) is 23.6 Å². The number of carbonyl (C=O) groups is 2. The summed E-state index contributed by atoms with van der Waals surface area (Å²) in [7, 11) is 2.93. The van der Waals surface area contributed by atoms with Crippen LogP contribution in [0.4, 0.5) is 24.5 Å². The van der Waals surface area contributed by atoms with Crippen LogP contribution in [0.25, 0.3) is 12.2 Å². The number of rotatable bonds is 8. The molecule has 0 saturated heterocycles. The minimum atomic E-state index is -4.89. The van der Waals surface area contributed by atoms with Gasteiger partial charge in [-0.3, -0.25) is 9.59 Å². The van der Waals surface area contributed by atoms with E-state index in [-0.39, 0.29) is 0 Å². The Bertz CT molecular complexity index is 1490. The first-order chi connectivity index (χ1) is 19.5. The largest absolute Gasteiger partial charge is 0.497 e. The monoisotopic (exact) mass is 580 g/mol. The first-order valence-electron chi connectivity index (χ1n) is 11.5. The molecule has 0 aromatic heterocycles. The fourth-order valence-corrected chi connectivity index (χ4v) is 3.58. The molecule has 2 amide bonds. The summed E-state index contributed by atoms with van der Waals surface area (Å²) >= 11 is 6.27. The number of halogens is 4. The third-order valence-electron chi connectivity index (χ3n) is 5.48. The van der Waals surface area contributed by atoms with Gasteiger partial charge in [-0.25, -0.2) is 0 Å². The molecule has 3 aromatic carbocycles. The third-order valence-corrected chi connectivity index (χ3v) is 5.89. The molecular formula is C29H20ClF3N4O4. The van der Waals surface area contributed by atoms with Crippen LogP contribution in [-0.2, 0) is 15.8 Å². The second-order valence-electron chi connectivity index (χ2n) is 8.18. The van der Waals surface area contributed by atoms with Crippen molar-refractivity contribution < 1.29 is 32.2 Å². The number of methoxy groups -OCH3 is 2. The highest BCUT2D eigenvalue weighted by Gasteiger charge is 2.33. The minimum Gasteiger partial charge on any atom is -0.497 e. The number of nitrogens with one attached hydrogen (secondary N) is 2. The number of carbonyl (C=O) groups excluding carboxylic acids is 2. The summed E-state index contributed by atoms with van der Waals surface area (Å²) < 4.78 is 51.2. The Hall–Kier alpha value is -5.26. The van der Waals surface area contributed by atoms with Crippen LogP contribution in [0.1, 0.15) is 16.7 Å². The van der Waals surface area contributed by atoms with Gasteiger partial charge in [-0.05, 0) is 59.7 Å². The minimum absolute atomic E-state index is 0.427. The Kier molecular flexibility index (Phi) is 9.75. The SMILES string of the molecule is COc1ccc(C=C(C#N)C(=O)Nc2cc(C(F)(F)F)cc(NC(=O)C(C#N)=Cc3ccc(OC)cc3)c2Cl)cc1. The van der Waals surface area contributed by atoms with E-state index in [0.717, 1.165) is 0 Å². The summed E-state index contributed by atoms with van der Waals surface area (Å²) in [4.78, 5) is 25.6. The van der Waals surface area contributed by atoms with Gasteiger partial charge in [0.1, 0.15) is 34.8 Å². The molecule has 0 fully saturated rings. The van der Waals surface area contributed by atoms with Crippen LogP contribution in [0.3, 0.4) is 0 Å². The van der Waals surface area contributed by atoms with Gasteiger partial charge < -0.3 is 20.1 Å². The molecule has 208 valence electrons. The first kappa shape index (κ1) is 30.3. The first-order valence-corrected chi connectivity index (χ1v) is 11.9. The Balaban J connectivity index is 1.94. The van der Waals surface area contributed by atoms with E-state index in [1.54, 1.807) is 60.7 Å². The zero-order valence-corrected chi connectivity index (χ0v) is 22.2. The van der Waals surface area contributed by atoms with Crippen molar-refractivity contribution >= 4 is 46.9 Å². The third kappa shape index (κ3) is 7.88. The van der Waals surface area contributed by atoms with Gasteiger partial charge in [0.2, 0.25) is 0 Å². The zero-order chi connectivity index (χ0) is 30.2. The van der Waals surface area contributed by atoms with Crippen molar-refractivity contribution in [3.05, 3.63) is 93.5 Å². The van der Waals surface area contributed by atoms with Crippen molar-refractivity contribution in [2.45, 2.75) is 6.18 Å². The van der Waals surface area contributed by atoms with Crippen LogP contribution >= 0.6 is 11.6 Å². The van der Waals surface area contributed by atoms with E-state index in [1.807, 2.05) is 0 Å². The quantitative estimate of drug-likeness (QED) is 0.232. The van der Waals surface area contributed by atoms with Crippen molar-refractivity contribution in [1.82, 2.24) is 0 Å². The topological polar surface area (TPSA) is 124 Å². The molecular weight excluding hydrogens is 561 g/mol. The molecule has 0 unspecified atom stereocenters. The predicted octanol–water partition coefficient (Wildman–Crippen LogP) is 6.47. The maximum Gasteiger partial charge on any atom is 0.416 e. The average molecular weight is 581 g/mol. The Morgan fingerprint density at radius 2 is 1.15 bits per heavy atom. The van der Waals surface area contributed by atoms with E-state index in [1.165, 1.54) is 26.4 Å². The van der Waals surface area contributed by atoms with Crippen LogP contribution < -0.4 is 20.1 Å². The molecule has 0 radical (unpaired) electrons. The van der Waals surface area contributed by atoms with Crippen LogP contribution in [-0.4, -0.2) is 26.0 Å². The lowest BCUT2D eigenvalue weighted by atomic mass is 10.1. The van der Waals surface area contributed by atoms with E-state index in [4.69, 9.17) is 21.1 Å². The molecule has 3 rings (SSSR count). The summed E-state index contributed by atoms with van der Waals surface area (Å²) in [6, 6.07) is 17.2. The van der Waals surface area contributed by atoms with Gasteiger partial charge in [-0.15, -0.1) is 0 Å². The smallest absolute Gasteiger partial charge is 0.416 e. The number of ether oxygens (including phenoxy) is 2. The van der Waals surface area contributed by atoms with Gasteiger partial charge in [0.05, 0.1) is 36.2 Å². The summed E-state index contributed by atoms with van der Waals surface area (Å²) in [5.74, 6) is -1.01. The number of hydrogen-bond acceptors (Lipinski definition) is 6. The fraction of sp³-hybridized carbons (Fsp3) is 0.103. The second kappa shape index (κ2) is 13.2. The molecule has 0 atom stereocenters. The van der Waals surface area contributed by atoms with Gasteiger partial charge in [0, 0.05) is 0 Å². The van der Waals surface area contributed by atoms with Crippen molar-refractivity contribution in [3.63, 3.8) is 0 Å². The number of amides is 2. The van der Waals surface area contributed by atoms with Gasteiger partial charge in [0.15, 0.2) is 0 Å². The summed E-state index contributed by atoms with van der Waals surface area (Å²) in [5, 5.41) is 22.9. The van der Waals surface area contributed by atoms with Crippen LogP contribution in [0.5, 0.6) is 11.5 Å². The number of nitriles is 2. The highest BCUT2D eigenvalue weighted by atomic mass is 35.5. The van der Waals surface area contributed by atoms with Gasteiger partial charge in [0.25, 0.3) is 11.8 Å². The number of hydrogen-bond donors (Lipinski definition) is 2. The van der Waals surface area contributed by atoms with E-state index in [9.17, 15) is 33.3 Å². The molecule has 12 heteroatoms. The maximum absolute atomic E-state index is 13.7. The number of anilines is 2. The second-order valence-corrected chi connectivity index (χ2v) is 8.56. The van der Waals surface area contributed by atoms with E-state index in [2.05, 4.69) is 10.6 Å². The Morgan fingerprint density at radius 3 is 1.44 bits per heavy atom. The Labute approximate surface area is 237 Å². The van der Waals surface area contributed by atoms with E-state index >= 15 is 0 Å². The van der Waals surface area contributed by atoms with Crippen LogP contribution in [0.15, 0.2) is 71.8 Å². The standard InChI is InChI=1S/C29H20ClF3N4O4/c1-40-22-7-3-17(4-8-22)11-19(15-34)27(38)36-24-13-21(29(31,32)33)14-25(26(24)30)37-28(39)20(16-35)12-18-5-9-23(41-2)10-6-18/h3-14H,1-2H3,(H,36,38)(H,37,39). The molecule has 3 aromatic rings. The molecule has 0 aliphatic heterocycles. The number of alkyl halides is 3. The van der Waals surface area contributed by atoms with Crippen molar-refractivity contribution in [1.29, 1.82) is 10.5 Å². The molecule has 8 nitrogen and oxygen atoms in total.